The van der Waals surface area contributed by atoms with Crippen molar-refractivity contribution < 1.29 is 0 Å². The first kappa shape index (κ1) is 16.9. The highest BCUT2D eigenvalue weighted by Gasteiger charge is 2.08. The van der Waals surface area contributed by atoms with Crippen LogP contribution >= 0.6 is 0 Å². The molecule has 25 heavy (non-hydrogen) atoms. The van der Waals surface area contributed by atoms with Gasteiger partial charge in [0.1, 0.15) is 17.5 Å². The minimum absolute atomic E-state index is 0.441. The van der Waals surface area contributed by atoms with E-state index in [1.807, 2.05) is 31.2 Å². The Morgan fingerprint density at radius 3 is 2.44 bits per heavy atom. The maximum Gasteiger partial charge on any atom is 0.136 e. The van der Waals surface area contributed by atoms with E-state index in [9.17, 15) is 0 Å². The molecule has 0 bridgehead atoms. The van der Waals surface area contributed by atoms with Crippen LogP contribution < -0.4 is 10.6 Å². The summed E-state index contributed by atoms with van der Waals surface area (Å²) in [6.45, 7) is 6.97. The van der Waals surface area contributed by atoms with E-state index in [0.717, 1.165) is 28.7 Å². The largest absolute Gasteiger partial charge is 0.366 e. The van der Waals surface area contributed by atoms with Gasteiger partial charge in [-0.2, -0.15) is 0 Å². The summed E-state index contributed by atoms with van der Waals surface area (Å²) in [6, 6.07) is 14.2. The molecule has 2 heterocycles. The third-order valence-electron chi connectivity index (χ3n) is 3.91. The van der Waals surface area contributed by atoms with Crippen LogP contribution in [-0.2, 0) is 6.54 Å². The van der Waals surface area contributed by atoms with Crippen molar-refractivity contribution in [1.82, 2.24) is 15.0 Å². The fourth-order valence-corrected chi connectivity index (χ4v) is 2.67. The van der Waals surface area contributed by atoms with Gasteiger partial charge in [0.05, 0.1) is 0 Å². The molecule has 3 rings (SSSR count). The molecule has 0 atom stereocenters. The Labute approximate surface area is 148 Å². The van der Waals surface area contributed by atoms with Gasteiger partial charge in [-0.25, -0.2) is 9.97 Å². The maximum atomic E-state index is 4.51. The van der Waals surface area contributed by atoms with Gasteiger partial charge in [0.2, 0.25) is 0 Å². The van der Waals surface area contributed by atoms with E-state index in [-0.39, 0.29) is 0 Å². The zero-order chi connectivity index (χ0) is 17.6. The molecule has 0 spiro atoms. The third-order valence-corrected chi connectivity index (χ3v) is 3.91. The lowest BCUT2D eigenvalue weighted by Gasteiger charge is -2.15. The van der Waals surface area contributed by atoms with Crippen molar-refractivity contribution in [2.75, 3.05) is 10.6 Å². The van der Waals surface area contributed by atoms with Crippen molar-refractivity contribution in [3.8, 4) is 0 Å². The second-order valence-corrected chi connectivity index (χ2v) is 6.26. The standard InChI is InChI=1S/C20H23N5/c1-14(2)17-6-4-5-7-18(17)25-20-12-19(23-15(3)24-20)22-13-16-8-10-21-11-9-16/h4-12,14H,13H2,1-3H3,(H2,22,23,24,25). The van der Waals surface area contributed by atoms with Gasteiger partial charge in [-0.1, -0.05) is 32.0 Å². The number of para-hydroxylation sites is 1. The number of rotatable bonds is 6. The Morgan fingerprint density at radius 1 is 0.960 bits per heavy atom. The van der Waals surface area contributed by atoms with Gasteiger partial charge in [0.15, 0.2) is 0 Å². The molecular formula is C20H23N5. The van der Waals surface area contributed by atoms with Gasteiger partial charge in [-0.3, -0.25) is 4.98 Å². The second-order valence-electron chi connectivity index (χ2n) is 6.26. The monoisotopic (exact) mass is 333 g/mol. The van der Waals surface area contributed by atoms with E-state index >= 15 is 0 Å². The zero-order valence-corrected chi connectivity index (χ0v) is 14.8. The smallest absolute Gasteiger partial charge is 0.136 e. The molecule has 3 aromatic rings. The van der Waals surface area contributed by atoms with Crippen LogP contribution in [0.5, 0.6) is 0 Å². The second kappa shape index (κ2) is 7.75. The van der Waals surface area contributed by atoms with Crippen molar-refractivity contribution in [3.05, 3.63) is 71.8 Å². The summed E-state index contributed by atoms with van der Waals surface area (Å²) < 4.78 is 0. The number of anilines is 3. The molecule has 1 aromatic carbocycles. The van der Waals surface area contributed by atoms with E-state index in [2.05, 4.69) is 57.6 Å². The van der Waals surface area contributed by atoms with Crippen molar-refractivity contribution in [2.45, 2.75) is 33.2 Å². The summed E-state index contributed by atoms with van der Waals surface area (Å²) in [6.07, 6.45) is 3.58. The molecule has 0 aliphatic heterocycles. The van der Waals surface area contributed by atoms with E-state index in [1.54, 1.807) is 12.4 Å². The van der Waals surface area contributed by atoms with Crippen LogP contribution in [0, 0.1) is 6.92 Å². The van der Waals surface area contributed by atoms with Crippen LogP contribution in [0.1, 0.15) is 36.7 Å². The van der Waals surface area contributed by atoms with Gasteiger partial charge in [0, 0.05) is 30.7 Å². The quantitative estimate of drug-likeness (QED) is 0.687. The Hall–Kier alpha value is -2.95. The molecule has 0 aliphatic rings. The fraction of sp³-hybridized carbons (Fsp3) is 0.250. The SMILES string of the molecule is Cc1nc(NCc2ccncc2)cc(Nc2ccccc2C(C)C)n1. The third kappa shape index (κ3) is 4.53. The lowest BCUT2D eigenvalue weighted by Crippen LogP contribution is -2.06. The summed E-state index contributed by atoms with van der Waals surface area (Å²) in [4.78, 5) is 13.0. The molecule has 128 valence electrons. The number of benzene rings is 1. The van der Waals surface area contributed by atoms with Crippen LogP contribution in [0.4, 0.5) is 17.3 Å². The molecule has 0 saturated carbocycles. The molecule has 0 fully saturated rings. The van der Waals surface area contributed by atoms with Crippen LogP contribution in [0.15, 0.2) is 54.9 Å². The van der Waals surface area contributed by atoms with Gasteiger partial charge < -0.3 is 10.6 Å². The number of aromatic nitrogens is 3. The van der Waals surface area contributed by atoms with Crippen molar-refractivity contribution in [1.29, 1.82) is 0 Å². The molecule has 5 nitrogen and oxygen atoms in total. The van der Waals surface area contributed by atoms with Crippen molar-refractivity contribution >= 4 is 17.3 Å². The first-order valence-corrected chi connectivity index (χ1v) is 8.46. The number of nitrogens with zero attached hydrogens (tertiary/aromatic N) is 3. The summed E-state index contributed by atoms with van der Waals surface area (Å²) in [5.74, 6) is 2.76. The summed E-state index contributed by atoms with van der Waals surface area (Å²) in [5.41, 5.74) is 3.51. The molecule has 0 saturated heterocycles. The first-order chi connectivity index (χ1) is 12.1. The van der Waals surface area contributed by atoms with Crippen molar-refractivity contribution in [3.63, 3.8) is 0 Å². The lowest BCUT2D eigenvalue weighted by atomic mass is 10.0. The number of hydrogen-bond donors (Lipinski definition) is 2. The fourth-order valence-electron chi connectivity index (χ4n) is 2.67. The maximum absolute atomic E-state index is 4.51. The molecule has 2 aromatic heterocycles. The molecule has 5 heteroatoms. The molecular weight excluding hydrogens is 310 g/mol. The lowest BCUT2D eigenvalue weighted by molar-refractivity contribution is 0.868. The molecule has 0 unspecified atom stereocenters. The minimum atomic E-state index is 0.441. The first-order valence-electron chi connectivity index (χ1n) is 8.46. The van der Waals surface area contributed by atoms with E-state index < -0.39 is 0 Å². The highest BCUT2D eigenvalue weighted by molar-refractivity contribution is 5.63. The molecule has 0 amide bonds. The van der Waals surface area contributed by atoms with Crippen LogP contribution in [0.25, 0.3) is 0 Å². The predicted octanol–water partition coefficient (Wildman–Crippen LogP) is 4.66. The van der Waals surface area contributed by atoms with Gasteiger partial charge >= 0.3 is 0 Å². The van der Waals surface area contributed by atoms with Gasteiger partial charge in [-0.05, 0) is 42.2 Å². The Morgan fingerprint density at radius 2 is 1.68 bits per heavy atom. The number of aryl methyl sites for hydroxylation is 1. The van der Waals surface area contributed by atoms with Crippen LogP contribution in [0.2, 0.25) is 0 Å². The number of pyridine rings is 1. The summed E-state index contributed by atoms with van der Waals surface area (Å²) in [5, 5.41) is 6.78. The van der Waals surface area contributed by atoms with Gasteiger partial charge in [-0.15, -0.1) is 0 Å². The summed E-state index contributed by atoms with van der Waals surface area (Å²) in [7, 11) is 0. The topological polar surface area (TPSA) is 62.7 Å². The Balaban J connectivity index is 1.78. The number of hydrogen-bond acceptors (Lipinski definition) is 5. The molecule has 0 radical (unpaired) electrons. The Bertz CT molecular complexity index is 830. The van der Waals surface area contributed by atoms with Gasteiger partial charge in [0.25, 0.3) is 0 Å². The molecule has 2 N–H and O–H groups in total. The zero-order valence-electron chi connectivity index (χ0n) is 14.8. The predicted molar refractivity (Wildman–Crippen MR) is 102 cm³/mol. The average Bonchev–Trinajstić information content (AvgIpc) is 2.61. The van der Waals surface area contributed by atoms with Crippen LogP contribution in [-0.4, -0.2) is 15.0 Å². The van der Waals surface area contributed by atoms with E-state index in [0.29, 0.717) is 12.5 Å². The van der Waals surface area contributed by atoms with E-state index in [1.165, 1.54) is 5.56 Å². The normalized spacial score (nSPS) is 10.7. The highest BCUT2D eigenvalue weighted by atomic mass is 15.1. The number of nitrogens with one attached hydrogen (secondary N) is 2. The van der Waals surface area contributed by atoms with Crippen molar-refractivity contribution in [2.24, 2.45) is 0 Å². The average molecular weight is 333 g/mol. The Kier molecular flexibility index (Phi) is 5.23. The van der Waals surface area contributed by atoms with E-state index in [4.69, 9.17) is 0 Å². The summed E-state index contributed by atoms with van der Waals surface area (Å²) >= 11 is 0. The van der Waals surface area contributed by atoms with Crippen LogP contribution in [0.3, 0.4) is 0 Å². The highest BCUT2D eigenvalue weighted by Crippen LogP contribution is 2.26. The minimum Gasteiger partial charge on any atom is -0.366 e. The molecule has 0 aliphatic carbocycles.